The Labute approximate surface area is 71.7 Å². The molecule has 0 aliphatic heterocycles. The molecule has 0 saturated heterocycles. The molecule has 0 aliphatic carbocycles. The number of aryl methyl sites for hydroxylation is 1. The highest BCUT2D eigenvalue weighted by molar-refractivity contribution is 6.45. The zero-order valence-corrected chi connectivity index (χ0v) is 6.99. The molecule has 60 valence electrons. The molecular weight excluding hydrogens is 149 g/mol. The first-order chi connectivity index (χ1) is 5.81. The van der Waals surface area contributed by atoms with E-state index in [-0.39, 0.29) is 7.48 Å². The first-order valence-corrected chi connectivity index (χ1v) is 3.96. The first kappa shape index (κ1) is 7.43. The van der Waals surface area contributed by atoms with Crippen LogP contribution in [0.2, 0.25) is 0 Å². The Balaban J connectivity index is 2.71. The fourth-order valence-electron chi connectivity index (χ4n) is 1.41. The molecule has 1 aromatic heterocycles. The van der Waals surface area contributed by atoms with Crippen molar-refractivity contribution < 1.29 is 5.02 Å². The minimum absolute atomic E-state index is 0.112. The van der Waals surface area contributed by atoms with Crippen LogP contribution in [0.15, 0.2) is 30.5 Å². The van der Waals surface area contributed by atoms with Gasteiger partial charge in [-0.2, -0.15) is 0 Å². The molecule has 0 radical (unpaired) electrons. The lowest BCUT2D eigenvalue weighted by Gasteiger charge is -1.97. The van der Waals surface area contributed by atoms with Crippen molar-refractivity contribution in [3.05, 3.63) is 30.5 Å². The van der Waals surface area contributed by atoms with Crippen molar-refractivity contribution in [3.63, 3.8) is 0 Å². The van der Waals surface area contributed by atoms with Crippen LogP contribution in [0.4, 0.5) is 0 Å². The summed E-state index contributed by atoms with van der Waals surface area (Å²) in [6, 6.07) is 8.05. The van der Waals surface area contributed by atoms with E-state index in [1.54, 1.807) is 0 Å². The van der Waals surface area contributed by atoms with Crippen molar-refractivity contribution in [2.24, 2.45) is 7.05 Å². The number of hydrogen-bond donors (Lipinski definition) is 1. The summed E-state index contributed by atoms with van der Waals surface area (Å²) in [6.45, 7) is 0. The molecule has 0 saturated carbocycles. The van der Waals surface area contributed by atoms with E-state index in [1.807, 2.05) is 31.4 Å². The van der Waals surface area contributed by atoms with E-state index in [0.717, 1.165) is 5.46 Å². The average Bonchev–Trinajstić information content (AvgIpc) is 2.47. The Kier molecular flexibility index (Phi) is 1.66. The summed E-state index contributed by atoms with van der Waals surface area (Å²) >= 11 is 0. The van der Waals surface area contributed by atoms with E-state index in [9.17, 15) is 0 Å². The van der Waals surface area contributed by atoms with Crippen LogP contribution >= 0.6 is 0 Å². The number of aromatic nitrogens is 1. The third-order valence-electron chi connectivity index (χ3n) is 2.14. The number of nitrogens with zero attached hydrogens (tertiary/aromatic N) is 1. The van der Waals surface area contributed by atoms with Gasteiger partial charge >= 0.3 is 7.48 Å². The zero-order chi connectivity index (χ0) is 8.55. The Morgan fingerprint density at radius 3 is 2.92 bits per heavy atom. The Morgan fingerprint density at radius 2 is 2.17 bits per heavy atom. The van der Waals surface area contributed by atoms with Crippen LogP contribution < -0.4 is 5.46 Å². The molecule has 2 aromatic rings. The van der Waals surface area contributed by atoms with Crippen LogP contribution in [-0.2, 0) is 7.05 Å². The van der Waals surface area contributed by atoms with Gasteiger partial charge in [0.1, 0.15) is 0 Å². The summed E-state index contributed by atoms with van der Waals surface area (Å²) in [5.41, 5.74) is 2.13. The van der Waals surface area contributed by atoms with E-state index >= 15 is 0 Å². The summed E-state index contributed by atoms with van der Waals surface area (Å²) in [5, 5.41) is 10.1. The molecular formula is C9H10BNO. The molecule has 2 rings (SSSR count). The van der Waals surface area contributed by atoms with Crippen molar-refractivity contribution in [3.8, 4) is 0 Å². The number of fused-ring (bicyclic) bond motifs is 1. The van der Waals surface area contributed by atoms with Gasteiger partial charge < -0.3 is 9.59 Å². The highest BCUT2D eigenvalue weighted by atomic mass is 16.2. The molecule has 1 aromatic carbocycles. The fraction of sp³-hybridized carbons (Fsp3) is 0.111. The smallest absolute Gasteiger partial charge is 0.304 e. The van der Waals surface area contributed by atoms with Crippen molar-refractivity contribution in [2.45, 2.75) is 0 Å². The van der Waals surface area contributed by atoms with E-state index < -0.39 is 0 Å². The standard InChI is InChI=1S/C9H10BNO/c1-11-5-4-7-2-3-8(10-12)6-9(7)11/h2-6,10,12H,1H3. The van der Waals surface area contributed by atoms with E-state index in [2.05, 4.69) is 10.6 Å². The van der Waals surface area contributed by atoms with E-state index in [4.69, 9.17) is 5.02 Å². The van der Waals surface area contributed by atoms with Crippen LogP contribution in [0.25, 0.3) is 10.9 Å². The second-order valence-corrected chi connectivity index (χ2v) is 2.98. The molecule has 0 atom stereocenters. The van der Waals surface area contributed by atoms with Gasteiger partial charge in [0.05, 0.1) is 0 Å². The topological polar surface area (TPSA) is 25.2 Å². The monoisotopic (exact) mass is 159 g/mol. The second-order valence-electron chi connectivity index (χ2n) is 2.98. The lowest BCUT2D eigenvalue weighted by atomic mass is 9.88. The molecule has 1 heterocycles. The van der Waals surface area contributed by atoms with Gasteiger partial charge in [-0.1, -0.05) is 17.6 Å². The van der Waals surface area contributed by atoms with Crippen molar-refractivity contribution in [1.29, 1.82) is 0 Å². The summed E-state index contributed by atoms with van der Waals surface area (Å²) < 4.78 is 2.05. The maximum atomic E-state index is 8.92. The van der Waals surface area contributed by atoms with Gasteiger partial charge in [-0.3, -0.25) is 0 Å². The molecule has 0 fully saturated rings. The van der Waals surface area contributed by atoms with Crippen molar-refractivity contribution in [2.75, 3.05) is 0 Å². The summed E-state index contributed by atoms with van der Waals surface area (Å²) in [7, 11) is 2.12. The molecule has 0 unspecified atom stereocenters. The van der Waals surface area contributed by atoms with E-state index in [0.29, 0.717) is 0 Å². The normalized spacial score (nSPS) is 10.5. The minimum atomic E-state index is 0.112. The Morgan fingerprint density at radius 1 is 1.33 bits per heavy atom. The van der Waals surface area contributed by atoms with Crippen molar-refractivity contribution >= 4 is 23.8 Å². The minimum Gasteiger partial charge on any atom is -0.449 e. The highest BCUT2D eigenvalue weighted by Crippen LogP contribution is 2.11. The maximum Gasteiger partial charge on any atom is 0.304 e. The SMILES string of the molecule is Cn1ccc2ccc(BO)cc21. The van der Waals surface area contributed by atoms with Crippen molar-refractivity contribution in [1.82, 2.24) is 4.57 Å². The van der Waals surface area contributed by atoms with Crippen LogP contribution in [-0.4, -0.2) is 17.1 Å². The van der Waals surface area contributed by atoms with Gasteiger partial charge in [-0.25, -0.2) is 0 Å². The van der Waals surface area contributed by atoms with E-state index in [1.165, 1.54) is 10.9 Å². The van der Waals surface area contributed by atoms with Crippen LogP contribution in [0.5, 0.6) is 0 Å². The summed E-state index contributed by atoms with van der Waals surface area (Å²) in [5.74, 6) is 0. The first-order valence-electron chi connectivity index (χ1n) is 3.96. The quantitative estimate of drug-likeness (QED) is 0.588. The average molecular weight is 159 g/mol. The van der Waals surface area contributed by atoms with Gasteiger partial charge in [-0.15, -0.1) is 0 Å². The molecule has 0 spiro atoms. The number of hydrogen-bond acceptors (Lipinski definition) is 1. The second kappa shape index (κ2) is 2.68. The highest BCUT2D eigenvalue weighted by Gasteiger charge is 1.98. The Hall–Kier alpha value is -1.22. The van der Waals surface area contributed by atoms with Gasteiger partial charge in [0.2, 0.25) is 0 Å². The summed E-state index contributed by atoms with van der Waals surface area (Å²) in [4.78, 5) is 0. The maximum absolute atomic E-state index is 8.92. The predicted molar refractivity (Wildman–Crippen MR) is 51.9 cm³/mol. The third kappa shape index (κ3) is 1.03. The van der Waals surface area contributed by atoms with Crippen LogP contribution in [0.1, 0.15) is 0 Å². The van der Waals surface area contributed by atoms with Gasteiger partial charge in [-0.05, 0) is 17.5 Å². The fourth-order valence-corrected chi connectivity index (χ4v) is 1.41. The van der Waals surface area contributed by atoms with Gasteiger partial charge in [0.25, 0.3) is 0 Å². The largest absolute Gasteiger partial charge is 0.449 e. The Bertz CT molecular complexity index is 408. The number of rotatable bonds is 1. The molecule has 12 heavy (non-hydrogen) atoms. The van der Waals surface area contributed by atoms with Crippen LogP contribution in [0.3, 0.4) is 0 Å². The molecule has 1 N–H and O–H groups in total. The molecule has 0 aliphatic rings. The predicted octanol–water partition coefficient (Wildman–Crippen LogP) is 0.147. The summed E-state index contributed by atoms with van der Waals surface area (Å²) in [6.07, 6.45) is 2.02. The molecule has 3 heteroatoms. The van der Waals surface area contributed by atoms with Crippen LogP contribution in [0, 0.1) is 0 Å². The molecule has 0 bridgehead atoms. The number of benzene rings is 1. The lowest BCUT2D eigenvalue weighted by Crippen LogP contribution is -2.12. The van der Waals surface area contributed by atoms with Gasteiger partial charge in [0.15, 0.2) is 0 Å². The molecule has 2 nitrogen and oxygen atoms in total. The van der Waals surface area contributed by atoms with Gasteiger partial charge in [0, 0.05) is 18.8 Å². The zero-order valence-electron chi connectivity index (χ0n) is 6.99. The lowest BCUT2D eigenvalue weighted by molar-refractivity contribution is 0.615. The molecule has 0 amide bonds. The third-order valence-corrected chi connectivity index (χ3v) is 2.14.